The van der Waals surface area contributed by atoms with E-state index in [1.165, 1.54) is 6.08 Å². The molecule has 0 heterocycles. The van der Waals surface area contributed by atoms with E-state index in [9.17, 15) is 9.90 Å². The second-order valence-electron chi connectivity index (χ2n) is 3.79. The van der Waals surface area contributed by atoms with Crippen molar-refractivity contribution in [2.75, 3.05) is 0 Å². The summed E-state index contributed by atoms with van der Waals surface area (Å²) in [4.78, 5) is 10.1. The van der Waals surface area contributed by atoms with Crippen molar-refractivity contribution in [3.05, 3.63) is 12.2 Å². The van der Waals surface area contributed by atoms with Crippen molar-refractivity contribution >= 4 is 5.97 Å². The van der Waals surface area contributed by atoms with Crippen molar-refractivity contribution in [1.29, 1.82) is 0 Å². The minimum absolute atomic E-state index is 0.142. The Morgan fingerprint density at radius 1 is 1.27 bits per heavy atom. The summed E-state index contributed by atoms with van der Waals surface area (Å²) in [5, 5.41) is 17.6. The molecule has 0 rings (SSSR count). The van der Waals surface area contributed by atoms with Crippen molar-refractivity contribution < 1.29 is 15.0 Å². The van der Waals surface area contributed by atoms with E-state index in [4.69, 9.17) is 5.11 Å². The summed E-state index contributed by atoms with van der Waals surface area (Å²) in [7, 11) is 0. The first kappa shape index (κ1) is 14.2. The van der Waals surface area contributed by atoms with Crippen molar-refractivity contribution in [1.82, 2.24) is 0 Å². The highest BCUT2D eigenvalue weighted by atomic mass is 16.4. The fourth-order valence-electron chi connectivity index (χ4n) is 1.38. The Morgan fingerprint density at radius 2 is 1.93 bits per heavy atom. The number of hydrogen-bond acceptors (Lipinski definition) is 2. The van der Waals surface area contributed by atoms with Gasteiger partial charge in [-0.2, -0.15) is 0 Å². The van der Waals surface area contributed by atoms with E-state index in [-0.39, 0.29) is 6.10 Å². The van der Waals surface area contributed by atoms with Crippen LogP contribution in [-0.2, 0) is 4.79 Å². The van der Waals surface area contributed by atoms with Crippen molar-refractivity contribution in [2.24, 2.45) is 0 Å². The van der Waals surface area contributed by atoms with Gasteiger partial charge in [0.15, 0.2) is 0 Å². The monoisotopic (exact) mass is 214 g/mol. The maximum absolute atomic E-state index is 10.1. The number of carbonyl (C=O) groups is 1. The summed E-state index contributed by atoms with van der Waals surface area (Å²) >= 11 is 0. The minimum Gasteiger partial charge on any atom is -0.478 e. The van der Waals surface area contributed by atoms with Crippen LogP contribution in [0.15, 0.2) is 12.2 Å². The quantitative estimate of drug-likeness (QED) is 0.458. The summed E-state index contributed by atoms with van der Waals surface area (Å²) in [6.45, 7) is 1.99. The molecule has 0 saturated carbocycles. The molecule has 88 valence electrons. The van der Waals surface area contributed by atoms with Crippen LogP contribution in [0.1, 0.15) is 51.9 Å². The Bertz CT molecular complexity index is 187. The van der Waals surface area contributed by atoms with Gasteiger partial charge < -0.3 is 10.2 Å². The molecular weight excluding hydrogens is 192 g/mol. The van der Waals surface area contributed by atoms with E-state index in [0.717, 1.165) is 44.9 Å². The molecule has 0 aliphatic rings. The molecule has 0 radical (unpaired) electrons. The summed E-state index contributed by atoms with van der Waals surface area (Å²) in [6.07, 6.45) is 9.65. The number of carboxylic acid groups (broad SMARTS) is 1. The number of hydrogen-bond donors (Lipinski definition) is 2. The predicted octanol–water partition coefficient (Wildman–Crippen LogP) is 2.74. The molecule has 0 fully saturated rings. The van der Waals surface area contributed by atoms with E-state index in [2.05, 4.69) is 0 Å². The summed E-state index contributed by atoms with van der Waals surface area (Å²) < 4.78 is 0. The van der Waals surface area contributed by atoms with Crippen LogP contribution in [0.3, 0.4) is 0 Å². The predicted molar refractivity (Wildman–Crippen MR) is 60.8 cm³/mol. The van der Waals surface area contributed by atoms with Gasteiger partial charge in [-0.1, -0.05) is 32.3 Å². The van der Waals surface area contributed by atoms with Crippen molar-refractivity contribution in [2.45, 2.75) is 58.0 Å². The molecule has 3 nitrogen and oxygen atoms in total. The zero-order chi connectivity index (χ0) is 11.5. The number of rotatable bonds is 9. The van der Waals surface area contributed by atoms with E-state index in [0.29, 0.717) is 0 Å². The molecule has 0 aromatic heterocycles. The molecule has 0 aromatic carbocycles. The Balaban J connectivity index is 3.15. The molecular formula is C12H22O3. The third-order valence-corrected chi connectivity index (χ3v) is 2.39. The van der Waals surface area contributed by atoms with Crippen molar-refractivity contribution in [3.63, 3.8) is 0 Å². The lowest BCUT2D eigenvalue weighted by atomic mass is 10.1. The standard InChI is InChI=1S/C12H22O3/c1-2-11(13)9-7-5-3-4-6-8-10-12(14)15/h8,10-11,13H,2-7,9H2,1H3,(H,14,15). The fourth-order valence-corrected chi connectivity index (χ4v) is 1.38. The molecule has 0 aromatic rings. The molecule has 1 unspecified atom stereocenters. The van der Waals surface area contributed by atoms with Crippen LogP contribution in [0.5, 0.6) is 0 Å². The summed E-state index contributed by atoms with van der Waals surface area (Å²) in [6, 6.07) is 0. The normalized spacial score (nSPS) is 13.2. The molecule has 0 amide bonds. The van der Waals surface area contributed by atoms with E-state index < -0.39 is 5.97 Å². The first-order valence-electron chi connectivity index (χ1n) is 5.74. The average Bonchev–Trinajstić information content (AvgIpc) is 2.21. The van der Waals surface area contributed by atoms with Gasteiger partial charge in [0, 0.05) is 6.08 Å². The van der Waals surface area contributed by atoms with Gasteiger partial charge in [-0.25, -0.2) is 4.79 Å². The number of aliphatic hydroxyl groups excluding tert-OH is 1. The third-order valence-electron chi connectivity index (χ3n) is 2.39. The van der Waals surface area contributed by atoms with Gasteiger partial charge >= 0.3 is 5.97 Å². The van der Waals surface area contributed by atoms with Crippen LogP contribution in [0, 0.1) is 0 Å². The number of aliphatic carboxylic acids is 1. The van der Waals surface area contributed by atoms with Crippen LogP contribution in [0.4, 0.5) is 0 Å². The van der Waals surface area contributed by atoms with Gasteiger partial charge in [0.2, 0.25) is 0 Å². The van der Waals surface area contributed by atoms with Crippen LogP contribution in [-0.4, -0.2) is 22.3 Å². The van der Waals surface area contributed by atoms with Gasteiger partial charge in [-0.15, -0.1) is 0 Å². The second kappa shape index (κ2) is 9.71. The Hall–Kier alpha value is -0.830. The second-order valence-corrected chi connectivity index (χ2v) is 3.79. The zero-order valence-electron chi connectivity index (χ0n) is 9.48. The summed E-state index contributed by atoms with van der Waals surface area (Å²) in [5.74, 6) is -0.874. The van der Waals surface area contributed by atoms with Gasteiger partial charge in [-0.3, -0.25) is 0 Å². The lowest BCUT2D eigenvalue weighted by Gasteiger charge is -2.06. The Morgan fingerprint density at radius 3 is 2.53 bits per heavy atom. The smallest absolute Gasteiger partial charge is 0.327 e. The molecule has 0 aliphatic carbocycles. The third kappa shape index (κ3) is 11.1. The van der Waals surface area contributed by atoms with E-state index in [1.54, 1.807) is 6.08 Å². The first-order chi connectivity index (χ1) is 7.16. The highest BCUT2D eigenvalue weighted by molar-refractivity contribution is 5.79. The van der Waals surface area contributed by atoms with Crippen LogP contribution in [0.25, 0.3) is 0 Å². The van der Waals surface area contributed by atoms with Gasteiger partial charge in [0.1, 0.15) is 0 Å². The average molecular weight is 214 g/mol. The lowest BCUT2D eigenvalue weighted by molar-refractivity contribution is -0.131. The highest BCUT2D eigenvalue weighted by Gasteiger charge is 1.99. The lowest BCUT2D eigenvalue weighted by Crippen LogP contribution is -2.03. The molecule has 3 heteroatoms. The zero-order valence-corrected chi connectivity index (χ0v) is 9.48. The topological polar surface area (TPSA) is 57.5 Å². The minimum atomic E-state index is -0.874. The van der Waals surface area contributed by atoms with Crippen LogP contribution >= 0.6 is 0 Å². The first-order valence-corrected chi connectivity index (χ1v) is 5.74. The fraction of sp³-hybridized carbons (Fsp3) is 0.750. The van der Waals surface area contributed by atoms with Gasteiger partial charge in [-0.05, 0) is 25.7 Å². The molecule has 1 atom stereocenters. The van der Waals surface area contributed by atoms with Crippen molar-refractivity contribution in [3.8, 4) is 0 Å². The SMILES string of the molecule is CCC(O)CCCCCCC=CC(=O)O. The molecule has 0 saturated heterocycles. The Labute approximate surface area is 91.8 Å². The highest BCUT2D eigenvalue weighted by Crippen LogP contribution is 2.09. The van der Waals surface area contributed by atoms with E-state index >= 15 is 0 Å². The number of carboxylic acids is 1. The Kier molecular flexibility index (Phi) is 9.18. The van der Waals surface area contributed by atoms with Crippen LogP contribution < -0.4 is 0 Å². The number of allylic oxidation sites excluding steroid dienone is 1. The molecule has 0 spiro atoms. The van der Waals surface area contributed by atoms with Crippen LogP contribution in [0.2, 0.25) is 0 Å². The summed E-state index contributed by atoms with van der Waals surface area (Å²) in [5.41, 5.74) is 0. The van der Waals surface area contributed by atoms with E-state index in [1.807, 2.05) is 6.92 Å². The van der Waals surface area contributed by atoms with Gasteiger partial charge in [0.25, 0.3) is 0 Å². The molecule has 0 bridgehead atoms. The largest absolute Gasteiger partial charge is 0.478 e. The van der Waals surface area contributed by atoms with Gasteiger partial charge in [0.05, 0.1) is 6.10 Å². The molecule has 0 aliphatic heterocycles. The molecule has 15 heavy (non-hydrogen) atoms. The number of aliphatic hydroxyl groups is 1. The maximum Gasteiger partial charge on any atom is 0.327 e. The number of unbranched alkanes of at least 4 members (excludes halogenated alkanes) is 4. The molecule has 2 N–H and O–H groups in total. The maximum atomic E-state index is 10.1.